The molecule has 0 N–H and O–H groups in total. The van der Waals surface area contributed by atoms with Crippen LogP contribution in [0.1, 0.15) is 37.6 Å². The van der Waals surface area contributed by atoms with Gasteiger partial charge < -0.3 is 8.98 Å². The van der Waals surface area contributed by atoms with E-state index in [-0.39, 0.29) is 0 Å². The van der Waals surface area contributed by atoms with E-state index in [9.17, 15) is 4.57 Å². The molecule has 0 saturated carbocycles. The molecule has 0 spiro atoms. The van der Waals surface area contributed by atoms with E-state index in [2.05, 4.69) is 25.4 Å². The third kappa shape index (κ3) is 3.28. The fraction of sp³-hybridized carbons (Fsp3) is 0.471. The molecule has 0 saturated heterocycles. The van der Waals surface area contributed by atoms with Crippen molar-refractivity contribution in [1.82, 2.24) is 4.98 Å². The SMILES string of the molecule is C=Cc1nc(-c2occc2P(=O)(CC)CC)c(CC(C)C)s1. The maximum atomic E-state index is 13.1. The Morgan fingerprint density at radius 3 is 2.64 bits per heavy atom. The van der Waals surface area contributed by atoms with E-state index in [0.29, 0.717) is 24.0 Å². The maximum absolute atomic E-state index is 13.1. The Morgan fingerprint density at radius 2 is 2.09 bits per heavy atom. The second kappa shape index (κ2) is 6.97. The molecule has 2 aromatic rings. The Kier molecular flexibility index (Phi) is 5.46. The van der Waals surface area contributed by atoms with E-state index in [4.69, 9.17) is 4.42 Å². The summed E-state index contributed by atoms with van der Waals surface area (Å²) in [5.41, 5.74) is 0.843. The van der Waals surface area contributed by atoms with Crippen molar-refractivity contribution in [2.45, 2.75) is 34.1 Å². The van der Waals surface area contributed by atoms with Crippen LogP contribution in [-0.2, 0) is 11.0 Å². The molecule has 5 heteroatoms. The summed E-state index contributed by atoms with van der Waals surface area (Å²) in [4.78, 5) is 5.83. The summed E-state index contributed by atoms with van der Waals surface area (Å²) in [5.74, 6) is 1.21. The molecule has 3 nitrogen and oxygen atoms in total. The first kappa shape index (κ1) is 17.2. The average Bonchev–Trinajstić information content (AvgIpc) is 3.12. The lowest BCUT2D eigenvalue weighted by molar-refractivity contribution is 0.575. The number of thiazole rings is 1. The van der Waals surface area contributed by atoms with Crippen molar-refractivity contribution < 1.29 is 8.98 Å². The van der Waals surface area contributed by atoms with Gasteiger partial charge in [-0.2, -0.15) is 0 Å². The van der Waals surface area contributed by atoms with Gasteiger partial charge in [0, 0.05) is 17.2 Å². The van der Waals surface area contributed by atoms with Crippen LogP contribution in [0.25, 0.3) is 17.5 Å². The maximum Gasteiger partial charge on any atom is 0.164 e. The first-order valence-electron chi connectivity index (χ1n) is 7.73. The Balaban J connectivity index is 2.58. The van der Waals surface area contributed by atoms with Gasteiger partial charge in [-0.3, -0.25) is 0 Å². The minimum absolute atomic E-state index is 0.527. The summed E-state index contributed by atoms with van der Waals surface area (Å²) in [6.45, 7) is 12.1. The lowest BCUT2D eigenvalue weighted by Gasteiger charge is -2.14. The van der Waals surface area contributed by atoms with Crippen LogP contribution in [0.15, 0.2) is 23.3 Å². The smallest absolute Gasteiger partial charge is 0.164 e. The summed E-state index contributed by atoms with van der Waals surface area (Å²) >= 11 is 1.64. The zero-order chi connectivity index (χ0) is 16.3. The van der Waals surface area contributed by atoms with Crippen LogP contribution >= 0.6 is 18.5 Å². The molecule has 2 rings (SSSR count). The molecule has 0 aromatic carbocycles. The number of nitrogens with zero attached hydrogens (tertiary/aromatic N) is 1. The van der Waals surface area contributed by atoms with Crippen LogP contribution in [0.2, 0.25) is 0 Å². The first-order valence-corrected chi connectivity index (χ1v) is 10.6. The lowest BCUT2D eigenvalue weighted by Crippen LogP contribution is -2.10. The van der Waals surface area contributed by atoms with Crippen molar-refractivity contribution in [2.24, 2.45) is 5.92 Å². The molecule has 0 atom stereocenters. The minimum atomic E-state index is -2.40. The molecule has 0 unspecified atom stereocenters. The van der Waals surface area contributed by atoms with Gasteiger partial charge in [0.1, 0.15) is 17.8 Å². The van der Waals surface area contributed by atoms with Crippen LogP contribution in [0, 0.1) is 5.92 Å². The molecule has 0 amide bonds. The molecule has 22 heavy (non-hydrogen) atoms. The molecule has 0 radical (unpaired) electrons. The lowest BCUT2D eigenvalue weighted by atomic mass is 10.1. The quantitative estimate of drug-likeness (QED) is 0.646. The zero-order valence-corrected chi connectivity index (χ0v) is 15.5. The fourth-order valence-electron chi connectivity index (χ4n) is 2.51. The number of rotatable bonds is 7. The van der Waals surface area contributed by atoms with Gasteiger partial charge in [-0.05, 0) is 24.5 Å². The van der Waals surface area contributed by atoms with Crippen molar-refractivity contribution in [2.75, 3.05) is 12.3 Å². The molecule has 0 bridgehead atoms. The van der Waals surface area contributed by atoms with Gasteiger partial charge in [-0.1, -0.05) is 34.3 Å². The Hall–Kier alpha value is -1.12. The Morgan fingerprint density at radius 1 is 1.41 bits per heavy atom. The molecule has 120 valence electrons. The number of hydrogen-bond donors (Lipinski definition) is 0. The van der Waals surface area contributed by atoms with E-state index in [1.165, 1.54) is 4.88 Å². The van der Waals surface area contributed by atoms with Crippen molar-refractivity contribution >= 4 is 29.9 Å². The minimum Gasteiger partial charge on any atom is -0.462 e. The normalized spacial score (nSPS) is 12.0. The van der Waals surface area contributed by atoms with Gasteiger partial charge in [0.25, 0.3) is 0 Å². The average molecular weight is 337 g/mol. The van der Waals surface area contributed by atoms with Gasteiger partial charge in [0.2, 0.25) is 0 Å². The van der Waals surface area contributed by atoms with Crippen molar-refractivity contribution in [1.29, 1.82) is 0 Å². The molecule has 0 aliphatic heterocycles. The molecule has 2 aromatic heterocycles. The third-order valence-electron chi connectivity index (χ3n) is 3.80. The summed E-state index contributed by atoms with van der Waals surface area (Å²) in [6.07, 6.45) is 5.63. The molecule has 2 heterocycles. The van der Waals surface area contributed by atoms with Crippen molar-refractivity contribution in [3.63, 3.8) is 0 Å². The molecular formula is C17H24NO2PS. The monoisotopic (exact) mass is 337 g/mol. The van der Waals surface area contributed by atoms with E-state index in [1.54, 1.807) is 23.7 Å². The van der Waals surface area contributed by atoms with Gasteiger partial charge in [0.05, 0.1) is 11.6 Å². The van der Waals surface area contributed by atoms with Crippen LogP contribution < -0.4 is 5.30 Å². The Bertz CT molecular complexity index is 691. The van der Waals surface area contributed by atoms with Gasteiger partial charge in [-0.15, -0.1) is 11.3 Å². The second-order valence-electron chi connectivity index (χ2n) is 5.78. The summed E-state index contributed by atoms with van der Waals surface area (Å²) in [5, 5.41) is 1.72. The topological polar surface area (TPSA) is 43.1 Å². The highest BCUT2D eigenvalue weighted by atomic mass is 32.1. The van der Waals surface area contributed by atoms with Crippen molar-refractivity contribution in [3.8, 4) is 11.5 Å². The van der Waals surface area contributed by atoms with E-state index >= 15 is 0 Å². The second-order valence-corrected chi connectivity index (χ2v) is 10.4. The highest BCUT2D eigenvalue weighted by Gasteiger charge is 2.29. The molecule has 0 aliphatic carbocycles. The largest absolute Gasteiger partial charge is 0.462 e. The summed E-state index contributed by atoms with van der Waals surface area (Å²) in [7, 11) is -2.40. The number of aromatic nitrogens is 1. The van der Waals surface area contributed by atoms with Gasteiger partial charge in [0.15, 0.2) is 5.76 Å². The van der Waals surface area contributed by atoms with Crippen LogP contribution in [0.5, 0.6) is 0 Å². The molecule has 0 aliphatic rings. The van der Waals surface area contributed by atoms with Crippen molar-refractivity contribution in [3.05, 3.63) is 28.8 Å². The van der Waals surface area contributed by atoms with E-state index < -0.39 is 7.14 Å². The van der Waals surface area contributed by atoms with Crippen LogP contribution in [-0.4, -0.2) is 17.3 Å². The van der Waals surface area contributed by atoms with E-state index in [0.717, 1.165) is 22.4 Å². The van der Waals surface area contributed by atoms with Gasteiger partial charge >= 0.3 is 0 Å². The zero-order valence-electron chi connectivity index (χ0n) is 13.8. The highest BCUT2D eigenvalue weighted by Crippen LogP contribution is 2.47. The fourth-order valence-corrected chi connectivity index (χ4v) is 5.62. The first-order chi connectivity index (χ1) is 10.4. The van der Waals surface area contributed by atoms with Crippen LogP contribution in [0.4, 0.5) is 0 Å². The van der Waals surface area contributed by atoms with Crippen LogP contribution in [0.3, 0.4) is 0 Å². The van der Waals surface area contributed by atoms with Gasteiger partial charge in [-0.25, -0.2) is 4.98 Å². The highest BCUT2D eigenvalue weighted by molar-refractivity contribution is 7.71. The third-order valence-corrected chi connectivity index (χ3v) is 8.15. The predicted octanol–water partition coefficient (Wildman–Crippen LogP) is 5.27. The summed E-state index contributed by atoms with van der Waals surface area (Å²) < 4.78 is 18.8. The number of furan rings is 1. The Labute approximate surface area is 136 Å². The molecular weight excluding hydrogens is 313 g/mol. The standard InChI is InChI=1S/C17H24NO2PS/c1-6-15-18-16(14(22-15)11-12(4)5)17-13(9-10-20-17)21(19,7-2)8-3/h6,9-10,12H,1,7-8,11H2,2-5H3. The summed E-state index contributed by atoms with van der Waals surface area (Å²) in [6, 6.07) is 1.86. The molecule has 0 fully saturated rings. The predicted molar refractivity (Wildman–Crippen MR) is 96.8 cm³/mol. The number of hydrogen-bond acceptors (Lipinski definition) is 4. The van der Waals surface area contributed by atoms with E-state index in [1.807, 2.05) is 19.9 Å².